The number of unbranched alkanes of at least 4 members (excludes halogenated alkanes) is 2. The van der Waals surface area contributed by atoms with Crippen molar-refractivity contribution in [3.63, 3.8) is 0 Å². The third kappa shape index (κ3) is 7.59. The van der Waals surface area contributed by atoms with E-state index in [9.17, 15) is 14.7 Å². The average Bonchev–Trinajstić information content (AvgIpc) is 3.68. The van der Waals surface area contributed by atoms with Crippen molar-refractivity contribution in [2.24, 2.45) is 0 Å². The number of likely N-dealkylation sites (tertiary alicyclic amines) is 1. The zero-order chi connectivity index (χ0) is 32.5. The Labute approximate surface area is 270 Å². The number of aryl methyl sites for hydroxylation is 2. The molecule has 3 aromatic carbocycles. The first-order valence-corrected chi connectivity index (χ1v) is 15.7. The molecule has 0 aliphatic carbocycles. The first kappa shape index (κ1) is 32.3. The van der Waals surface area contributed by atoms with Gasteiger partial charge in [0.05, 0.1) is 31.7 Å². The Balaban J connectivity index is 1.44. The summed E-state index contributed by atoms with van der Waals surface area (Å²) in [6, 6.07) is 19.6. The Hall–Kier alpha value is -5.05. The van der Waals surface area contributed by atoms with Crippen LogP contribution in [0, 0.1) is 6.92 Å². The maximum atomic E-state index is 13.6. The molecular weight excluding hydrogens is 582 g/mol. The summed E-state index contributed by atoms with van der Waals surface area (Å²) in [4.78, 5) is 32.7. The monoisotopic (exact) mass is 623 g/mol. The number of aliphatic hydroxyl groups is 1. The van der Waals surface area contributed by atoms with E-state index in [4.69, 9.17) is 14.2 Å². The summed E-state index contributed by atoms with van der Waals surface area (Å²) in [6.07, 6.45) is 8.92. The van der Waals surface area contributed by atoms with Crippen molar-refractivity contribution in [2.45, 2.75) is 58.7 Å². The van der Waals surface area contributed by atoms with Crippen LogP contribution in [-0.4, -0.2) is 51.5 Å². The first-order chi connectivity index (χ1) is 22.4. The standard InChI is InChI=1S/C37H41N3O6/c1-4-5-6-21-45-31-16-13-29(23-32(31)44-3)34-33(36(42)37(43)40(34)19-8-18-39-20-17-38-25-39)35(41)28-11-14-30(15-12-28)46-24-27-10-7-9-26(2)22-27/h7,9-17,20,22-23,25,34,41H,4-6,8,18-19,21,24H2,1-3H3. The molecule has 1 aliphatic heterocycles. The van der Waals surface area contributed by atoms with Crippen LogP contribution >= 0.6 is 0 Å². The van der Waals surface area contributed by atoms with Gasteiger partial charge in [-0.15, -0.1) is 0 Å². The smallest absolute Gasteiger partial charge is 0.295 e. The molecule has 9 nitrogen and oxygen atoms in total. The van der Waals surface area contributed by atoms with E-state index in [2.05, 4.69) is 18.0 Å². The van der Waals surface area contributed by atoms with E-state index >= 15 is 0 Å². The number of carbonyl (C=O) groups is 2. The van der Waals surface area contributed by atoms with Crippen molar-refractivity contribution in [1.82, 2.24) is 14.5 Å². The number of carbonyl (C=O) groups excluding carboxylic acids is 2. The highest BCUT2D eigenvalue weighted by Crippen LogP contribution is 2.42. The predicted molar refractivity (Wildman–Crippen MR) is 176 cm³/mol. The summed E-state index contributed by atoms with van der Waals surface area (Å²) >= 11 is 0. The van der Waals surface area contributed by atoms with Crippen molar-refractivity contribution in [1.29, 1.82) is 0 Å². The lowest BCUT2D eigenvalue weighted by Crippen LogP contribution is -2.31. The van der Waals surface area contributed by atoms with Gasteiger partial charge >= 0.3 is 0 Å². The Morgan fingerprint density at radius 2 is 1.76 bits per heavy atom. The van der Waals surface area contributed by atoms with Gasteiger partial charge in [-0.05, 0) is 67.3 Å². The third-order valence-corrected chi connectivity index (χ3v) is 8.04. The largest absolute Gasteiger partial charge is 0.507 e. The highest BCUT2D eigenvalue weighted by atomic mass is 16.5. The highest BCUT2D eigenvalue weighted by molar-refractivity contribution is 6.46. The van der Waals surface area contributed by atoms with Crippen LogP contribution in [-0.2, 0) is 22.7 Å². The maximum absolute atomic E-state index is 13.6. The molecule has 240 valence electrons. The Morgan fingerprint density at radius 3 is 2.48 bits per heavy atom. The molecule has 0 radical (unpaired) electrons. The van der Waals surface area contributed by atoms with E-state index in [1.165, 1.54) is 4.90 Å². The number of benzene rings is 3. The number of hydrogen-bond acceptors (Lipinski definition) is 7. The molecule has 4 aromatic rings. The Kier molecular flexibility index (Phi) is 10.8. The number of rotatable bonds is 15. The average molecular weight is 624 g/mol. The van der Waals surface area contributed by atoms with Gasteiger partial charge in [0.2, 0.25) is 0 Å². The van der Waals surface area contributed by atoms with Gasteiger partial charge in [-0.1, -0.05) is 55.7 Å². The minimum absolute atomic E-state index is 0.0275. The van der Waals surface area contributed by atoms with Gasteiger partial charge in [0.25, 0.3) is 11.7 Å². The lowest BCUT2D eigenvalue weighted by molar-refractivity contribution is -0.139. The predicted octanol–water partition coefficient (Wildman–Crippen LogP) is 6.86. The molecule has 2 heterocycles. The fraction of sp³-hybridized carbons (Fsp3) is 0.324. The van der Waals surface area contributed by atoms with Crippen LogP contribution in [0.25, 0.3) is 5.76 Å². The lowest BCUT2D eigenvalue weighted by Gasteiger charge is -2.26. The van der Waals surface area contributed by atoms with Gasteiger partial charge in [-0.2, -0.15) is 0 Å². The van der Waals surface area contributed by atoms with Crippen LogP contribution in [0.1, 0.15) is 60.9 Å². The second-order valence-electron chi connectivity index (χ2n) is 11.4. The molecule has 1 N–H and O–H groups in total. The van der Waals surface area contributed by atoms with Gasteiger partial charge in [0.15, 0.2) is 11.5 Å². The number of methoxy groups -OCH3 is 1. The summed E-state index contributed by atoms with van der Waals surface area (Å²) in [5, 5.41) is 11.6. The Morgan fingerprint density at radius 1 is 0.935 bits per heavy atom. The molecule has 1 fully saturated rings. The van der Waals surface area contributed by atoms with Crippen LogP contribution in [0.3, 0.4) is 0 Å². The molecule has 1 atom stereocenters. The van der Waals surface area contributed by atoms with E-state index in [1.54, 1.807) is 56.0 Å². The second-order valence-corrected chi connectivity index (χ2v) is 11.4. The quantitative estimate of drug-likeness (QED) is 0.0668. The number of amides is 1. The zero-order valence-corrected chi connectivity index (χ0v) is 26.6. The Bertz CT molecular complexity index is 1660. The highest BCUT2D eigenvalue weighted by Gasteiger charge is 2.46. The molecule has 1 saturated heterocycles. The summed E-state index contributed by atoms with van der Waals surface area (Å²) in [7, 11) is 1.56. The van der Waals surface area contributed by atoms with Crippen LogP contribution in [0.4, 0.5) is 0 Å². The molecule has 0 bridgehead atoms. The molecule has 5 rings (SSSR count). The van der Waals surface area contributed by atoms with Gasteiger partial charge in [0.1, 0.15) is 18.1 Å². The van der Waals surface area contributed by atoms with Crippen molar-refractivity contribution in [3.8, 4) is 17.2 Å². The summed E-state index contributed by atoms with van der Waals surface area (Å²) < 4.78 is 19.5. The lowest BCUT2D eigenvalue weighted by atomic mass is 9.95. The number of imidazole rings is 1. The SMILES string of the molecule is CCCCCOc1ccc(C2C(=C(O)c3ccc(OCc4cccc(C)c4)cc3)C(=O)C(=O)N2CCCn2ccnc2)cc1OC. The fourth-order valence-electron chi connectivity index (χ4n) is 5.64. The van der Waals surface area contributed by atoms with E-state index < -0.39 is 17.7 Å². The topological polar surface area (TPSA) is 103 Å². The van der Waals surface area contributed by atoms with Crippen molar-refractivity contribution >= 4 is 17.4 Å². The molecule has 0 spiro atoms. The van der Waals surface area contributed by atoms with Crippen LogP contribution < -0.4 is 14.2 Å². The number of aliphatic hydroxyl groups excluding tert-OH is 1. The minimum Gasteiger partial charge on any atom is -0.507 e. The molecule has 1 unspecified atom stereocenters. The van der Waals surface area contributed by atoms with Gasteiger partial charge in [0, 0.05) is 31.0 Å². The summed E-state index contributed by atoms with van der Waals surface area (Å²) in [5.41, 5.74) is 3.28. The fourth-order valence-corrected chi connectivity index (χ4v) is 5.64. The van der Waals surface area contributed by atoms with Crippen LogP contribution in [0.15, 0.2) is 91.0 Å². The molecule has 1 aromatic heterocycles. The van der Waals surface area contributed by atoms with E-state index in [0.29, 0.717) is 61.1 Å². The van der Waals surface area contributed by atoms with Crippen LogP contribution in [0.5, 0.6) is 17.2 Å². The molecule has 0 saturated carbocycles. The van der Waals surface area contributed by atoms with Gasteiger partial charge < -0.3 is 28.8 Å². The van der Waals surface area contributed by atoms with Crippen LogP contribution in [0.2, 0.25) is 0 Å². The third-order valence-electron chi connectivity index (χ3n) is 8.04. The van der Waals surface area contributed by atoms with Gasteiger partial charge in [-0.25, -0.2) is 4.98 Å². The number of ketones is 1. The van der Waals surface area contributed by atoms with E-state index in [-0.39, 0.29) is 11.3 Å². The molecule has 9 heteroatoms. The normalized spacial score (nSPS) is 15.7. The number of nitrogens with zero attached hydrogens (tertiary/aromatic N) is 3. The number of ether oxygens (including phenoxy) is 3. The van der Waals surface area contributed by atoms with Crippen molar-refractivity contribution in [3.05, 3.63) is 113 Å². The zero-order valence-electron chi connectivity index (χ0n) is 26.6. The molecule has 1 aliphatic rings. The number of Topliss-reactive ketones (excluding diaryl/α,β-unsaturated/α-hetero) is 1. The molecule has 1 amide bonds. The van der Waals surface area contributed by atoms with Crippen molar-refractivity contribution in [2.75, 3.05) is 20.3 Å². The second kappa shape index (κ2) is 15.3. The maximum Gasteiger partial charge on any atom is 0.295 e. The molecule has 46 heavy (non-hydrogen) atoms. The summed E-state index contributed by atoms with van der Waals surface area (Å²) in [5.74, 6) is 0.0602. The number of hydrogen-bond donors (Lipinski definition) is 1. The number of aromatic nitrogens is 2. The minimum atomic E-state index is -0.817. The summed E-state index contributed by atoms with van der Waals surface area (Å²) in [6.45, 7) is 6.04. The van der Waals surface area contributed by atoms with E-state index in [1.807, 2.05) is 42.0 Å². The van der Waals surface area contributed by atoms with Crippen molar-refractivity contribution < 1.29 is 28.9 Å². The molecular formula is C37H41N3O6. The first-order valence-electron chi connectivity index (χ1n) is 15.7. The van der Waals surface area contributed by atoms with E-state index in [0.717, 1.165) is 30.4 Å². The van der Waals surface area contributed by atoms with Gasteiger partial charge in [-0.3, -0.25) is 9.59 Å².